The lowest BCUT2D eigenvalue weighted by Crippen LogP contribution is -2.40. The van der Waals surface area contributed by atoms with E-state index < -0.39 is 0 Å². The third kappa shape index (κ3) is 3.02. The van der Waals surface area contributed by atoms with Gasteiger partial charge in [0.15, 0.2) is 0 Å². The average Bonchev–Trinajstić information content (AvgIpc) is 2.39. The van der Waals surface area contributed by atoms with E-state index in [1.165, 1.54) is 6.42 Å². The molecule has 4 heteroatoms. The van der Waals surface area contributed by atoms with Crippen molar-refractivity contribution in [3.63, 3.8) is 0 Å². The fourth-order valence-corrected chi connectivity index (χ4v) is 2.83. The molecule has 2 rings (SSSR count). The normalized spacial score (nSPS) is 19.9. The van der Waals surface area contributed by atoms with Crippen molar-refractivity contribution in [3.8, 4) is 0 Å². The lowest BCUT2D eigenvalue weighted by molar-refractivity contribution is 0.0670. The first-order valence-corrected chi connectivity index (χ1v) is 7.02. The number of aryl methyl sites for hydroxylation is 1. The van der Waals surface area contributed by atoms with Gasteiger partial charge in [0.1, 0.15) is 0 Å². The second-order valence-corrected chi connectivity index (χ2v) is 5.25. The molecule has 1 fully saturated rings. The molecule has 0 aromatic carbocycles. The highest BCUT2D eigenvalue weighted by atomic mass is 35.5. The fourth-order valence-electron chi connectivity index (χ4n) is 2.52. The summed E-state index contributed by atoms with van der Waals surface area (Å²) in [5.74, 6) is 1.34. The van der Waals surface area contributed by atoms with E-state index in [2.05, 4.69) is 4.98 Å². The molecule has 1 aromatic rings. The highest BCUT2D eigenvalue weighted by Crippen LogP contribution is 2.22. The number of nitrogens with zero attached hydrogens (tertiary/aromatic N) is 2. The number of halogens is 1. The van der Waals surface area contributed by atoms with Crippen molar-refractivity contribution in [3.05, 3.63) is 29.6 Å². The predicted octanol–water partition coefficient (Wildman–Crippen LogP) is 2.87. The topological polar surface area (TPSA) is 33.2 Å². The molecule has 3 nitrogen and oxygen atoms in total. The maximum atomic E-state index is 12.4. The van der Waals surface area contributed by atoms with Gasteiger partial charge in [0.05, 0.1) is 5.56 Å². The van der Waals surface area contributed by atoms with E-state index in [1.54, 1.807) is 6.20 Å². The second kappa shape index (κ2) is 6.19. The number of carbonyl (C=O) groups is 1. The van der Waals surface area contributed by atoms with E-state index in [9.17, 15) is 4.79 Å². The van der Waals surface area contributed by atoms with Crippen LogP contribution in [-0.4, -0.2) is 34.8 Å². The standard InChI is InChI=1S/C14H19ClN2O/c1-11-13(5-2-8-16-11)14(18)17-9-3-4-12(10-17)6-7-15/h2,5,8,12H,3-4,6-7,9-10H2,1H3. The maximum Gasteiger partial charge on any atom is 0.255 e. The Morgan fingerprint density at radius 3 is 3.17 bits per heavy atom. The highest BCUT2D eigenvalue weighted by Gasteiger charge is 2.24. The van der Waals surface area contributed by atoms with Crippen LogP contribution in [0.1, 0.15) is 35.3 Å². The third-order valence-electron chi connectivity index (χ3n) is 3.56. The fraction of sp³-hybridized carbons (Fsp3) is 0.571. The number of likely N-dealkylation sites (tertiary alicyclic amines) is 1. The molecular formula is C14H19ClN2O. The van der Waals surface area contributed by atoms with Crippen LogP contribution in [0.5, 0.6) is 0 Å². The van der Waals surface area contributed by atoms with E-state index in [-0.39, 0.29) is 5.91 Å². The second-order valence-electron chi connectivity index (χ2n) is 4.87. The van der Waals surface area contributed by atoms with Crippen molar-refractivity contribution < 1.29 is 4.79 Å². The van der Waals surface area contributed by atoms with Crippen LogP contribution in [0.4, 0.5) is 0 Å². The molecule has 0 aliphatic carbocycles. The Labute approximate surface area is 113 Å². The van der Waals surface area contributed by atoms with Crippen LogP contribution >= 0.6 is 11.6 Å². The highest BCUT2D eigenvalue weighted by molar-refractivity contribution is 6.17. The molecule has 1 aliphatic rings. The molecule has 98 valence electrons. The largest absolute Gasteiger partial charge is 0.338 e. The summed E-state index contributed by atoms with van der Waals surface area (Å²) in [7, 11) is 0. The van der Waals surface area contributed by atoms with Gasteiger partial charge in [-0.1, -0.05) is 0 Å². The van der Waals surface area contributed by atoms with Crippen molar-refractivity contribution in [2.75, 3.05) is 19.0 Å². The van der Waals surface area contributed by atoms with Gasteiger partial charge in [0, 0.05) is 30.9 Å². The van der Waals surface area contributed by atoms with Gasteiger partial charge in [-0.2, -0.15) is 0 Å². The first kappa shape index (κ1) is 13.3. The van der Waals surface area contributed by atoms with E-state index in [4.69, 9.17) is 11.6 Å². The van der Waals surface area contributed by atoms with Crippen LogP contribution in [0.3, 0.4) is 0 Å². The molecule has 0 radical (unpaired) electrons. The molecule has 0 spiro atoms. The molecule has 1 unspecified atom stereocenters. The number of alkyl halides is 1. The smallest absolute Gasteiger partial charge is 0.255 e. The van der Waals surface area contributed by atoms with Crippen LogP contribution in [0.2, 0.25) is 0 Å². The first-order valence-electron chi connectivity index (χ1n) is 6.49. The number of aromatic nitrogens is 1. The summed E-state index contributed by atoms with van der Waals surface area (Å²) >= 11 is 5.79. The number of carbonyl (C=O) groups excluding carboxylic acids is 1. The summed E-state index contributed by atoms with van der Waals surface area (Å²) in [5, 5.41) is 0. The molecule has 1 aliphatic heterocycles. The summed E-state index contributed by atoms with van der Waals surface area (Å²) in [4.78, 5) is 18.6. The van der Waals surface area contributed by atoms with Gasteiger partial charge in [0.2, 0.25) is 0 Å². The molecule has 0 bridgehead atoms. The SMILES string of the molecule is Cc1ncccc1C(=O)N1CCCC(CCCl)C1. The summed E-state index contributed by atoms with van der Waals surface area (Å²) < 4.78 is 0. The van der Waals surface area contributed by atoms with Crippen LogP contribution in [0.15, 0.2) is 18.3 Å². The average molecular weight is 267 g/mol. The van der Waals surface area contributed by atoms with Gasteiger partial charge >= 0.3 is 0 Å². The Morgan fingerprint density at radius 1 is 1.61 bits per heavy atom. The van der Waals surface area contributed by atoms with Crippen molar-refractivity contribution in [1.29, 1.82) is 0 Å². The Morgan fingerprint density at radius 2 is 2.44 bits per heavy atom. The molecule has 0 N–H and O–H groups in total. The molecule has 1 amide bonds. The summed E-state index contributed by atoms with van der Waals surface area (Å²) in [5.41, 5.74) is 1.53. The van der Waals surface area contributed by atoms with Crippen molar-refractivity contribution in [2.45, 2.75) is 26.2 Å². The molecule has 1 atom stereocenters. The molecule has 18 heavy (non-hydrogen) atoms. The quantitative estimate of drug-likeness (QED) is 0.788. The zero-order valence-corrected chi connectivity index (χ0v) is 11.5. The van der Waals surface area contributed by atoms with Gasteiger partial charge in [-0.05, 0) is 44.2 Å². The molecule has 1 saturated heterocycles. The zero-order chi connectivity index (χ0) is 13.0. The van der Waals surface area contributed by atoms with Gasteiger partial charge in [-0.15, -0.1) is 11.6 Å². The van der Waals surface area contributed by atoms with E-state index in [1.807, 2.05) is 24.0 Å². The Balaban J connectivity index is 2.07. The number of rotatable bonds is 3. The van der Waals surface area contributed by atoms with Gasteiger partial charge < -0.3 is 4.90 Å². The van der Waals surface area contributed by atoms with Crippen LogP contribution in [0.25, 0.3) is 0 Å². The number of amides is 1. The number of pyridine rings is 1. The molecule has 1 aromatic heterocycles. The van der Waals surface area contributed by atoms with Gasteiger partial charge in [0.25, 0.3) is 5.91 Å². The third-order valence-corrected chi connectivity index (χ3v) is 3.78. The summed E-state index contributed by atoms with van der Waals surface area (Å²) in [6, 6.07) is 3.68. The molecule has 2 heterocycles. The molecular weight excluding hydrogens is 248 g/mol. The first-order chi connectivity index (χ1) is 8.72. The summed E-state index contributed by atoms with van der Waals surface area (Å²) in [6.45, 7) is 3.57. The van der Waals surface area contributed by atoms with Crippen LogP contribution < -0.4 is 0 Å². The van der Waals surface area contributed by atoms with Crippen molar-refractivity contribution in [2.24, 2.45) is 5.92 Å². The predicted molar refractivity (Wildman–Crippen MR) is 72.9 cm³/mol. The summed E-state index contributed by atoms with van der Waals surface area (Å²) in [6.07, 6.45) is 4.98. The minimum Gasteiger partial charge on any atom is -0.338 e. The Kier molecular flexibility index (Phi) is 4.59. The number of hydrogen-bond donors (Lipinski definition) is 0. The monoisotopic (exact) mass is 266 g/mol. The van der Waals surface area contributed by atoms with E-state index >= 15 is 0 Å². The van der Waals surface area contributed by atoms with E-state index in [0.29, 0.717) is 11.8 Å². The lowest BCUT2D eigenvalue weighted by Gasteiger charge is -2.32. The minimum atomic E-state index is 0.111. The minimum absolute atomic E-state index is 0.111. The van der Waals surface area contributed by atoms with Gasteiger partial charge in [-0.3, -0.25) is 9.78 Å². The molecule has 0 saturated carbocycles. The van der Waals surface area contributed by atoms with E-state index in [0.717, 1.165) is 37.2 Å². The van der Waals surface area contributed by atoms with Gasteiger partial charge in [-0.25, -0.2) is 0 Å². The van der Waals surface area contributed by atoms with Crippen molar-refractivity contribution >= 4 is 17.5 Å². The Hall–Kier alpha value is -1.09. The van der Waals surface area contributed by atoms with Crippen LogP contribution in [0, 0.1) is 12.8 Å². The van der Waals surface area contributed by atoms with Crippen molar-refractivity contribution in [1.82, 2.24) is 9.88 Å². The Bertz CT molecular complexity index is 420. The zero-order valence-electron chi connectivity index (χ0n) is 10.7. The number of hydrogen-bond acceptors (Lipinski definition) is 2. The lowest BCUT2D eigenvalue weighted by atomic mass is 9.95. The van der Waals surface area contributed by atoms with Crippen LogP contribution in [-0.2, 0) is 0 Å². The maximum absolute atomic E-state index is 12.4. The number of piperidine rings is 1.